The summed E-state index contributed by atoms with van der Waals surface area (Å²) >= 11 is 0. The van der Waals surface area contributed by atoms with Gasteiger partial charge >= 0.3 is 0 Å². The van der Waals surface area contributed by atoms with Gasteiger partial charge in [0.1, 0.15) is 5.75 Å². The van der Waals surface area contributed by atoms with E-state index in [1.807, 2.05) is 0 Å². The maximum atomic E-state index is 13.7. The molecule has 1 atom stereocenters. The summed E-state index contributed by atoms with van der Waals surface area (Å²) in [6.07, 6.45) is -0.835. The molecule has 1 aliphatic heterocycles. The number of nitrogens with zero attached hydrogens (tertiary/aromatic N) is 1. The number of carbonyl (C=O) groups excluding carboxylic acids is 2. The Morgan fingerprint density at radius 1 is 1.15 bits per heavy atom. The van der Waals surface area contributed by atoms with Crippen LogP contribution in [0, 0.1) is 17.5 Å². The normalized spacial score (nSPS) is 15.6. The van der Waals surface area contributed by atoms with Crippen LogP contribution in [-0.2, 0) is 9.59 Å². The Balaban J connectivity index is 1.78. The molecule has 0 bridgehead atoms. The SMILES string of the molecule is CNC(=O)[C@@H]1CN(CC(=O)Nc2ccc(F)c(F)c2F)c2ccccc2O1. The third-order valence-electron chi connectivity index (χ3n) is 4.04. The number of fused-ring (bicyclic) bond motifs is 1. The Labute approximate surface area is 152 Å². The molecule has 0 spiro atoms. The summed E-state index contributed by atoms with van der Waals surface area (Å²) < 4.78 is 45.7. The average Bonchev–Trinajstić information content (AvgIpc) is 2.67. The van der Waals surface area contributed by atoms with Gasteiger partial charge in [-0.3, -0.25) is 9.59 Å². The molecule has 9 heteroatoms. The van der Waals surface area contributed by atoms with Crippen molar-refractivity contribution in [3.63, 3.8) is 0 Å². The second kappa shape index (κ2) is 7.56. The molecule has 2 N–H and O–H groups in total. The van der Waals surface area contributed by atoms with E-state index in [1.165, 1.54) is 7.05 Å². The molecule has 2 amide bonds. The van der Waals surface area contributed by atoms with Gasteiger partial charge in [0.25, 0.3) is 5.91 Å². The third-order valence-corrected chi connectivity index (χ3v) is 4.04. The Morgan fingerprint density at radius 2 is 1.89 bits per heavy atom. The zero-order valence-electron chi connectivity index (χ0n) is 14.3. The number of anilines is 2. The summed E-state index contributed by atoms with van der Waals surface area (Å²) in [5.41, 5.74) is 0.113. The van der Waals surface area contributed by atoms with Gasteiger partial charge in [-0.05, 0) is 24.3 Å². The first-order valence-electron chi connectivity index (χ1n) is 8.06. The molecule has 2 aromatic rings. The molecule has 0 saturated heterocycles. The van der Waals surface area contributed by atoms with E-state index in [-0.39, 0.29) is 19.0 Å². The van der Waals surface area contributed by atoms with E-state index in [4.69, 9.17) is 4.74 Å². The molecule has 0 saturated carbocycles. The molecule has 0 radical (unpaired) electrons. The lowest BCUT2D eigenvalue weighted by Gasteiger charge is -2.35. The molecule has 142 valence electrons. The number of ether oxygens (including phenoxy) is 1. The van der Waals surface area contributed by atoms with Crippen LogP contribution in [0.15, 0.2) is 36.4 Å². The molecule has 27 heavy (non-hydrogen) atoms. The molecule has 0 fully saturated rings. The van der Waals surface area contributed by atoms with Crippen molar-refractivity contribution < 1.29 is 27.5 Å². The van der Waals surface area contributed by atoms with Gasteiger partial charge in [0.15, 0.2) is 23.6 Å². The van der Waals surface area contributed by atoms with E-state index >= 15 is 0 Å². The van der Waals surface area contributed by atoms with Crippen molar-refractivity contribution in [2.45, 2.75) is 6.10 Å². The number of rotatable bonds is 4. The molecule has 0 unspecified atom stereocenters. The van der Waals surface area contributed by atoms with Crippen molar-refractivity contribution in [1.82, 2.24) is 5.32 Å². The molecule has 0 aliphatic carbocycles. The van der Waals surface area contributed by atoms with Gasteiger partial charge < -0.3 is 20.3 Å². The Bertz CT molecular complexity index is 891. The predicted octanol–water partition coefficient (Wildman–Crippen LogP) is 2.06. The van der Waals surface area contributed by atoms with Gasteiger partial charge in [-0.1, -0.05) is 12.1 Å². The molecule has 1 aliphatic rings. The molecule has 2 aromatic carbocycles. The summed E-state index contributed by atoms with van der Waals surface area (Å²) in [5, 5.41) is 4.69. The lowest BCUT2D eigenvalue weighted by Crippen LogP contribution is -2.50. The molecule has 1 heterocycles. The van der Waals surface area contributed by atoms with Gasteiger partial charge in [-0.15, -0.1) is 0 Å². The summed E-state index contributed by atoms with van der Waals surface area (Å²) in [6, 6.07) is 8.49. The highest BCUT2D eigenvalue weighted by Gasteiger charge is 2.31. The van der Waals surface area contributed by atoms with Crippen LogP contribution >= 0.6 is 0 Å². The molecular formula is C18H16F3N3O3. The minimum Gasteiger partial charge on any atom is -0.477 e. The molecule has 6 nitrogen and oxygen atoms in total. The van der Waals surface area contributed by atoms with Gasteiger partial charge in [0.2, 0.25) is 5.91 Å². The summed E-state index contributed by atoms with van der Waals surface area (Å²) in [4.78, 5) is 25.8. The maximum Gasteiger partial charge on any atom is 0.262 e. The number of amides is 2. The highest BCUT2D eigenvalue weighted by Crippen LogP contribution is 2.33. The third kappa shape index (κ3) is 3.81. The number of benzene rings is 2. The van der Waals surface area contributed by atoms with E-state index in [0.717, 1.165) is 12.1 Å². The van der Waals surface area contributed by atoms with Crippen LogP contribution < -0.4 is 20.3 Å². The molecular weight excluding hydrogens is 363 g/mol. The highest BCUT2D eigenvalue weighted by atomic mass is 19.2. The van der Waals surface area contributed by atoms with Crippen molar-refractivity contribution in [3.05, 3.63) is 53.8 Å². The van der Waals surface area contributed by atoms with E-state index in [9.17, 15) is 22.8 Å². The van der Waals surface area contributed by atoms with Gasteiger partial charge in [-0.25, -0.2) is 13.2 Å². The minimum absolute atomic E-state index is 0.0877. The topological polar surface area (TPSA) is 70.7 Å². The number of carbonyl (C=O) groups is 2. The van der Waals surface area contributed by atoms with Crippen LogP contribution in [0.5, 0.6) is 5.75 Å². The van der Waals surface area contributed by atoms with E-state index in [0.29, 0.717) is 11.4 Å². The molecule has 0 aromatic heterocycles. The van der Waals surface area contributed by atoms with Crippen LogP contribution in [-0.4, -0.2) is 38.1 Å². The lowest BCUT2D eigenvalue weighted by atomic mass is 10.1. The first-order chi connectivity index (χ1) is 12.9. The number of likely N-dealkylation sites (N-methyl/N-ethyl adjacent to an activating group) is 1. The zero-order valence-corrected chi connectivity index (χ0v) is 14.3. The summed E-state index contributed by atoms with van der Waals surface area (Å²) in [6.45, 7) is -0.156. The zero-order chi connectivity index (χ0) is 19.6. The number of nitrogens with one attached hydrogen (secondary N) is 2. The number of hydrogen-bond acceptors (Lipinski definition) is 4. The monoisotopic (exact) mass is 379 g/mol. The first-order valence-corrected chi connectivity index (χ1v) is 8.06. The average molecular weight is 379 g/mol. The van der Waals surface area contributed by atoms with Crippen LogP contribution in [0.3, 0.4) is 0 Å². The van der Waals surface area contributed by atoms with Crippen LogP contribution in [0.4, 0.5) is 24.5 Å². The van der Waals surface area contributed by atoms with E-state index in [2.05, 4.69) is 10.6 Å². The van der Waals surface area contributed by atoms with Crippen molar-refractivity contribution in [2.24, 2.45) is 0 Å². The fourth-order valence-electron chi connectivity index (χ4n) is 2.74. The maximum absolute atomic E-state index is 13.7. The first kappa shape index (κ1) is 18.6. The fraction of sp³-hybridized carbons (Fsp3) is 0.222. The van der Waals surface area contributed by atoms with Crippen molar-refractivity contribution >= 4 is 23.2 Å². The number of hydrogen-bond donors (Lipinski definition) is 2. The van der Waals surface area contributed by atoms with Crippen LogP contribution in [0.1, 0.15) is 0 Å². The van der Waals surface area contributed by atoms with E-state index in [1.54, 1.807) is 29.2 Å². The smallest absolute Gasteiger partial charge is 0.262 e. The Morgan fingerprint density at radius 3 is 2.63 bits per heavy atom. The standard InChI is InChI=1S/C18H16F3N3O3/c1-22-18(26)14-8-24(12-4-2-3-5-13(12)27-14)9-15(25)23-11-7-6-10(19)16(20)17(11)21/h2-7,14H,8-9H2,1H3,(H,22,26)(H,23,25)/t14-/m0/s1. The Kier molecular flexibility index (Phi) is 5.20. The van der Waals surface area contributed by atoms with E-state index < -0.39 is 35.2 Å². The lowest BCUT2D eigenvalue weighted by molar-refractivity contribution is -0.127. The van der Waals surface area contributed by atoms with Gasteiger partial charge in [0, 0.05) is 7.05 Å². The summed E-state index contributed by atoms with van der Waals surface area (Å²) in [7, 11) is 1.47. The number of para-hydroxylation sites is 2. The van der Waals surface area contributed by atoms with Gasteiger partial charge in [0.05, 0.1) is 24.5 Å². The van der Waals surface area contributed by atoms with Crippen LogP contribution in [0.2, 0.25) is 0 Å². The number of halogens is 3. The quantitative estimate of drug-likeness (QED) is 0.798. The van der Waals surface area contributed by atoms with Gasteiger partial charge in [-0.2, -0.15) is 0 Å². The fourth-order valence-corrected chi connectivity index (χ4v) is 2.74. The highest BCUT2D eigenvalue weighted by molar-refractivity contribution is 5.95. The predicted molar refractivity (Wildman–Crippen MR) is 92.1 cm³/mol. The second-order valence-electron chi connectivity index (χ2n) is 5.84. The van der Waals surface area contributed by atoms with Crippen molar-refractivity contribution in [3.8, 4) is 5.75 Å². The summed E-state index contributed by atoms with van der Waals surface area (Å²) in [5.74, 6) is -5.09. The molecule has 3 rings (SSSR count). The van der Waals surface area contributed by atoms with Crippen molar-refractivity contribution in [1.29, 1.82) is 0 Å². The van der Waals surface area contributed by atoms with Crippen LogP contribution in [0.25, 0.3) is 0 Å². The second-order valence-corrected chi connectivity index (χ2v) is 5.84. The van der Waals surface area contributed by atoms with Crippen molar-refractivity contribution in [2.75, 3.05) is 30.4 Å². The Hall–Kier alpha value is -3.23. The largest absolute Gasteiger partial charge is 0.477 e. The minimum atomic E-state index is -1.66.